The van der Waals surface area contributed by atoms with Crippen molar-refractivity contribution in [3.05, 3.63) is 169 Å². The normalized spacial score (nSPS) is 11.6. The molecule has 0 fully saturated rings. The first-order chi connectivity index (χ1) is 27.5. The number of aryl methyl sites for hydroxylation is 3. The Morgan fingerprint density at radius 3 is 1.77 bits per heavy atom. The number of rotatable bonds is 5. The second kappa shape index (κ2) is 13.5. The van der Waals surface area contributed by atoms with Gasteiger partial charge in [-0.3, -0.25) is 9.97 Å². The fraction of sp³-hybridized carbons (Fsp3) is 0.0612. The average Bonchev–Trinajstić information content (AvgIpc) is 3.85. The maximum absolute atomic E-state index is 6.65. The van der Waals surface area contributed by atoms with Crippen molar-refractivity contribution in [2.45, 2.75) is 20.8 Å². The molecule has 0 aliphatic rings. The average molecular weight is 916 g/mol. The van der Waals surface area contributed by atoms with Gasteiger partial charge < -0.3 is 13.5 Å². The van der Waals surface area contributed by atoms with Gasteiger partial charge in [0.1, 0.15) is 11.3 Å². The number of pyridine rings is 4. The van der Waals surface area contributed by atoms with Gasteiger partial charge in [-0.2, -0.15) is 0 Å². The summed E-state index contributed by atoms with van der Waals surface area (Å²) >= 11 is 0. The van der Waals surface area contributed by atoms with E-state index in [4.69, 9.17) is 24.7 Å². The summed E-state index contributed by atoms with van der Waals surface area (Å²) in [7, 11) is 0. The zero-order valence-corrected chi connectivity index (χ0v) is 33.5. The Bertz CT molecular complexity index is 3350. The SMILES string of the molecule is Cc1cc(C)c(-c2cn3c(n2)c2[c-]c(Oc4[c-]c5c(cc4)c4cccnc4n4c(-c6ccccc6)c(-c6ccccc6)nc54)ccc2c2cccnc23)c(C)c1.[Pt+2]. The van der Waals surface area contributed by atoms with Crippen LogP contribution in [-0.4, -0.2) is 28.7 Å². The minimum absolute atomic E-state index is 0. The smallest absolute Gasteiger partial charge is 0.497 e. The number of fused-ring (bicyclic) bond motifs is 12. The largest absolute Gasteiger partial charge is 2.00 e. The first-order valence-corrected chi connectivity index (χ1v) is 18.6. The molecule has 11 rings (SSSR count). The molecule has 0 N–H and O–H groups in total. The molecule has 0 aliphatic heterocycles. The van der Waals surface area contributed by atoms with Crippen LogP contribution in [0.25, 0.3) is 88.7 Å². The quantitative estimate of drug-likeness (QED) is 0.127. The number of imidazole rings is 2. The fourth-order valence-electron chi connectivity index (χ4n) is 8.45. The summed E-state index contributed by atoms with van der Waals surface area (Å²) in [5.41, 5.74) is 12.8. The van der Waals surface area contributed by atoms with Crippen LogP contribution in [0, 0.1) is 32.9 Å². The molecule has 0 radical (unpaired) electrons. The van der Waals surface area contributed by atoms with E-state index in [2.05, 4.69) is 121 Å². The van der Waals surface area contributed by atoms with Crippen molar-refractivity contribution in [3.8, 4) is 45.3 Å². The Morgan fingerprint density at radius 1 is 0.544 bits per heavy atom. The van der Waals surface area contributed by atoms with E-state index < -0.39 is 0 Å². The summed E-state index contributed by atoms with van der Waals surface area (Å²) in [6.07, 6.45) is 5.76. The number of hydrogen-bond donors (Lipinski definition) is 0. The number of hydrogen-bond acceptors (Lipinski definition) is 5. The topological polar surface area (TPSA) is 69.6 Å². The molecule has 0 spiro atoms. The van der Waals surface area contributed by atoms with Crippen LogP contribution in [0.4, 0.5) is 0 Å². The Balaban J connectivity index is 0.00000396. The van der Waals surface area contributed by atoms with Gasteiger partial charge >= 0.3 is 21.1 Å². The van der Waals surface area contributed by atoms with Gasteiger partial charge in [0.15, 0.2) is 0 Å². The van der Waals surface area contributed by atoms with E-state index in [0.717, 1.165) is 88.7 Å². The third kappa shape index (κ3) is 5.53. The summed E-state index contributed by atoms with van der Waals surface area (Å²) in [6, 6.07) is 48.6. The maximum Gasteiger partial charge on any atom is 2.00 e. The van der Waals surface area contributed by atoms with E-state index in [1.165, 1.54) is 16.7 Å². The molecular formula is C49H32N6OPt. The Hall–Kier alpha value is -6.69. The molecule has 0 saturated heterocycles. The van der Waals surface area contributed by atoms with Gasteiger partial charge in [0.05, 0.1) is 28.4 Å². The molecule has 0 aliphatic carbocycles. The molecule has 6 heterocycles. The van der Waals surface area contributed by atoms with E-state index in [1.807, 2.05) is 60.9 Å². The summed E-state index contributed by atoms with van der Waals surface area (Å²) in [5, 5.41) is 5.70. The van der Waals surface area contributed by atoms with Gasteiger partial charge in [0.25, 0.3) is 0 Å². The Kier molecular flexibility index (Phi) is 8.24. The van der Waals surface area contributed by atoms with Gasteiger partial charge in [-0.1, -0.05) is 136 Å². The summed E-state index contributed by atoms with van der Waals surface area (Å²) in [4.78, 5) is 20.3. The molecule has 8 heteroatoms. The van der Waals surface area contributed by atoms with Crippen LogP contribution in [0.2, 0.25) is 0 Å². The van der Waals surface area contributed by atoms with Gasteiger partial charge in [-0.25, -0.2) is 9.97 Å². The maximum atomic E-state index is 6.65. The van der Waals surface area contributed by atoms with Crippen LogP contribution in [0.5, 0.6) is 11.5 Å². The zero-order valence-electron chi connectivity index (χ0n) is 31.2. The van der Waals surface area contributed by atoms with Crippen molar-refractivity contribution < 1.29 is 25.8 Å². The van der Waals surface area contributed by atoms with E-state index in [1.54, 1.807) is 0 Å². The second-order valence-electron chi connectivity index (χ2n) is 14.4. The van der Waals surface area contributed by atoms with E-state index in [-0.39, 0.29) is 21.1 Å². The fourth-order valence-corrected chi connectivity index (χ4v) is 8.45. The summed E-state index contributed by atoms with van der Waals surface area (Å²) in [5.74, 6) is 1.11. The minimum Gasteiger partial charge on any atom is -0.497 e. The monoisotopic (exact) mass is 915 g/mol. The van der Waals surface area contributed by atoms with Gasteiger partial charge in [0.2, 0.25) is 0 Å². The predicted octanol–water partition coefficient (Wildman–Crippen LogP) is 11.7. The van der Waals surface area contributed by atoms with Crippen LogP contribution < -0.4 is 4.74 Å². The molecule has 0 bridgehead atoms. The van der Waals surface area contributed by atoms with Crippen LogP contribution >= 0.6 is 0 Å². The van der Waals surface area contributed by atoms with Crippen LogP contribution in [-0.2, 0) is 21.1 Å². The molecular weight excluding hydrogens is 884 g/mol. The van der Waals surface area contributed by atoms with Crippen LogP contribution in [0.3, 0.4) is 0 Å². The molecule has 57 heavy (non-hydrogen) atoms. The summed E-state index contributed by atoms with van der Waals surface area (Å²) < 4.78 is 10.9. The van der Waals surface area contributed by atoms with Crippen molar-refractivity contribution in [2.75, 3.05) is 0 Å². The molecule has 7 nitrogen and oxygen atoms in total. The van der Waals surface area contributed by atoms with E-state index in [9.17, 15) is 0 Å². The molecule has 0 amide bonds. The molecule has 0 atom stereocenters. The Morgan fingerprint density at radius 2 is 1.12 bits per heavy atom. The Labute approximate surface area is 342 Å². The second-order valence-corrected chi connectivity index (χ2v) is 14.4. The number of aromatic nitrogens is 6. The standard InChI is InChI=1S/C49H32N6O.Pt/c1-29-24-30(2)43(31(3)25-29)42-28-54-46-38(16-10-22-50-46)36-20-18-34(26-40(36)48(54)52-42)56-35-19-21-37-39-17-11-23-51-47(39)55-45(33-14-8-5-9-15-33)44(32-12-6-4-7-13-32)53-49(55)41(37)27-35;/h4-25,28H,1-3H3;/q-2;+2. The van der Waals surface area contributed by atoms with Crippen molar-refractivity contribution in [1.29, 1.82) is 0 Å². The van der Waals surface area contributed by atoms with Crippen LogP contribution in [0.1, 0.15) is 16.7 Å². The van der Waals surface area contributed by atoms with Gasteiger partial charge in [-0.15, -0.1) is 12.1 Å². The zero-order chi connectivity index (χ0) is 37.5. The van der Waals surface area contributed by atoms with Crippen molar-refractivity contribution in [3.63, 3.8) is 0 Å². The molecule has 11 aromatic rings. The first-order valence-electron chi connectivity index (χ1n) is 18.6. The van der Waals surface area contributed by atoms with Gasteiger partial charge in [0, 0.05) is 46.8 Å². The third-order valence-electron chi connectivity index (χ3n) is 10.7. The van der Waals surface area contributed by atoms with Crippen molar-refractivity contribution in [2.24, 2.45) is 0 Å². The number of nitrogens with zero attached hydrogens (tertiary/aromatic N) is 6. The number of ether oxygens (including phenoxy) is 1. The molecule has 0 unspecified atom stereocenters. The van der Waals surface area contributed by atoms with Gasteiger partial charge in [-0.05, 0) is 54.8 Å². The van der Waals surface area contributed by atoms with Crippen molar-refractivity contribution in [1.82, 2.24) is 28.7 Å². The molecule has 6 aromatic heterocycles. The number of benzene rings is 5. The molecule has 274 valence electrons. The first kappa shape index (κ1) is 34.8. The van der Waals surface area contributed by atoms with Crippen molar-refractivity contribution >= 4 is 54.9 Å². The van der Waals surface area contributed by atoms with E-state index in [0.29, 0.717) is 11.5 Å². The summed E-state index contributed by atoms with van der Waals surface area (Å²) in [6.45, 7) is 6.42. The predicted molar refractivity (Wildman–Crippen MR) is 224 cm³/mol. The van der Waals surface area contributed by atoms with Crippen LogP contribution in [0.15, 0.2) is 140 Å². The third-order valence-corrected chi connectivity index (χ3v) is 10.7. The van der Waals surface area contributed by atoms with E-state index >= 15 is 0 Å². The molecule has 5 aromatic carbocycles. The molecule has 0 saturated carbocycles. The minimum atomic E-state index is 0.